The molecule has 17 heavy (non-hydrogen) atoms. The minimum atomic E-state index is -0.499. The summed E-state index contributed by atoms with van der Waals surface area (Å²) in [5.74, 6) is 0. The fraction of sp³-hybridized carbons (Fsp3) is 0.818. The van der Waals surface area contributed by atoms with Crippen molar-refractivity contribution in [3.8, 4) is 0 Å². The molecule has 1 aliphatic carbocycles. The number of urea groups is 1. The Balaban J connectivity index is 1.95. The molecule has 1 saturated carbocycles. The maximum absolute atomic E-state index is 11.8. The van der Waals surface area contributed by atoms with E-state index in [0.29, 0.717) is 11.0 Å². The first-order chi connectivity index (χ1) is 8.02. The van der Waals surface area contributed by atoms with Gasteiger partial charge in [-0.2, -0.15) is 0 Å². The summed E-state index contributed by atoms with van der Waals surface area (Å²) >= 11 is 5.13. The average Bonchev–Trinajstić information content (AvgIpc) is 3.05. The Hall–Kier alpha value is -0.880. The van der Waals surface area contributed by atoms with Gasteiger partial charge in [-0.25, -0.2) is 4.79 Å². The van der Waals surface area contributed by atoms with Crippen molar-refractivity contribution in [2.45, 2.75) is 37.3 Å². The van der Waals surface area contributed by atoms with E-state index in [4.69, 9.17) is 18.0 Å². The Morgan fingerprint density at radius 1 is 1.41 bits per heavy atom. The molecule has 0 aromatic carbocycles. The minimum absolute atomic E-state index is 0.134. The molecule has 6 heteroatoms. The molecule has 0 spiro atoms. The number of carbonyl (C=O) groups is 1. The van der Waals surface area contributed by atoms with Crippen LogP contribution in [-0.4, -0.2) is 47.6 Å². The van der Waals surface area contributed by atoms with Gasteiger partial charge in [0.1, 0.15) is 0 Å². The molecule has 2 aliphatic rings. The lowest BCUT2D eigenvalue weighted by Gasteiger charge is -2.40. The standard InChI is InChI=1S/C11H20N4OS/c1-15-6-4-11(5-7-15,9(12)17)14-10(16)13-8-2-3-8/h8H,2-7H2,1H3,(H2,12,17)(H2,13,14,16). The second kappa shape index (κ2) is 4.78. The van der Waals surface area contributed by atoms with Crippen molar-refractivity contribution >= 4 is 23.2 Å². The van der Waals surface area contributed by atoms with E-state index in [0.717, 1.165) is 38.8 Å². The van der Waals surface area contributed by atoms with E-state index < -0.39 is 5.54 Å². The van der Waals surface area contributed by atoms with Gasteiger partial charge in [0.25, 0.3) is 0 Å². The normalized spacial score (nSPS) is 24.1. The summed E-state index contributed by atoms with van der Waals surface area (Å²) in [6.45, 7) is 1.81. The topological polar surface area (TPSA) is 70.4 Å². The van der Waals surface area contributed by atoms with Crippen molar-refractivity contribution in [1.82, 2.24) is 15.5 Å². The number of nitrogens with two attached hydrogens (primary N) is 1. The van der Waals surface area contributed by atoms with E-state index >= 15 is 0 Å². The monoisotopic (exact) mass is 256 g/mol. The van der Waals surface area contributed by atoms with E-state index in [9.17, 15) is 4.79 Å². The van der Waals surface area contributed by atoms with Crippen LogP contribution in [0.5, 0.6) is 0 Å². The van der Waals surface area contributed by atoms with E-state index in [1.807, 2.05) is 0 Å². The molecule has 0 unspecified atom stereocenters. The molecular formula is C11H20N4OS. The van der Waals surface area contributed by atoms with Crippen molar-refractivity contribution in [3.05, 3.63) is 0 Å². The summed E-state index contributed by atoms with van der Waals surface area (Å²) < 4.78 is 0. The molecular weight excluding hydrogens is 236 g/mol. The van der Waals surface area contributed by atoms with Crippen LogP contribution < -0.4 is 16.4 Å². The van der Waals surface area contributed by atoms with Gasteiger partial charge in [0, 0.05) is 19.1 Å². The van der Waals surface area contributed by atoms with Crippen LogP contribution in [0.25, 0.3) is 0 Å². The molecule has 1 aliphatic heterocycles. The number of carbonyl (C=O) groups excluding carboxylic acids is 1. The predicted molar refractivity (Wildman–Crippen MR) is 70.9 cm³/mol. The number of amides is 2. The van der Waals surface area contributed by atoms with Crippen LogP contribution in [-0.2, 0) is 0 Å². The van der Waals surface area contributed by atoms with Gasteiger partial charge in [-0.15, -0.1) is 0 Å². The maximum Gasteiger partial charge on any atom is 0.315 e. The second-order valence-corrected chi connectivity index (χ2v) is 5.56. The number of nitrogens with one attached hydrogen (secondary N) is 2. The fourth-order valence-electron chi connectivity index (χ4n) is 2.10. The summed E-state index contributed by atoms with van der Waals surface area (Å²) in [6.07, 6.45) is 3.74. The third-order valence-corrected chi connectivity index (χ3v) is 3.97. The highest BCUT2D eigenvalue weighted by Gasteiger charge is 2.38. The molecule has 5 nitrogen and oxygen atoms in total. The van der Waals surface area contributed by atoms with Crippen molar-refractivity contribution in [1.29, 1.82) is 0 Å². The lowest BCUT2D eigenvalue weighted by Crippen LogP contribution is -2.63. The quantitative estimate of drug-likeness (QED) is 0.631. The number of hydrogen-bond acceptors (Lipinski definition) is 3. The van der Waals surface area contributed by atoms with E-state index in [2.05, 4.69) is 22.6 Å². The molecule has 1 saturated heterocycles. The smallest absolute Gasteiger partial charge is 0.315 e. The number of rotatable bonds is 3. The summed E-state index contributed by atoms with van der Waals surface area (Å²) in [6, 6.07) is 0.217. The summed E-state index contributed by atoms with van der Waals surface area (Å²) in [7, 11) is 2.06. The zero-order valence-corrected chi connectivity index (χ0v) is 11.0. The predicted octanol–water partition coefficient (Wildman–Crippen LogP) is 0.199. The molecule has 0 aromatic rings. The van der Waals surface area contributed by atoms with Gasteiger partial charge in [-0.3, -0.25) is 0 Å². The summed E-state index contributed by atoms with van der Waals surface area (Å²) in [4.78, 5) is 14.4. The van der Waals surface area contributed by atoms with Gasteiger partial charge in [-0.05, 0) is 32.7 Å². The van der Waals surface area contributed by atoms with E-state index in [1.165, 1.54) is 0 Å². The highest BCUT2D eigenvalue weighted by atomic mass is 32.1. The average molecular weight is 256 g/mol. The van der Waals surface area contributed by atoms with Crippen LogP contribution in [0, 0.1) is 0 Å². The first kappa shape index (κ1) is 12.6. The second-order valence-electron chi connectivity index (χ2n) is 5.12. The van der Waals surface area contributed by atoms with Crippen LogP contribution in [0.3, 0.4) is 0 Å². The molecule has 96 valence electrons. The van der Waals surface area contributed by atoms with Crippen molar-refractivity contribution in [3.63, 3.8) is 0 Å². The van der Waals surface area contributed by atoms with Gasteiger partial charge in [0.05, 0.1) is 10.5 Å². The number of piperidine rings is 1. The molecule has 4 N–H and O–H groups in total. The fourth-order valence-corrected chi connectivity index (χ4v) is 2.35. The SMILES string of the molecule is CN1CCC(NC(=O)NC2CC2)(C(N)=S)CC1. The van der Waals surface area contributed by atoms with Crippen LogP contribution >= 0.6 is 12.2 Å². The van der Waals surface area contributed by atoms with Gasteiger partial charge in [0.2, 0.25) is 0 Å². The van der Waals surface area contributed by atoms with Gasteiger partial charge >= 0.3 is 6.03 Å². The van der Waals surface area contributed by atoms with Crippen molar-refractivity contribution in [2.75, 3.05) is 20.1 Å². The zero-order valence-electron chi connectivity index (χ0n) is 10.2. The summed E-state index contributed by atoms with van der Waals surface area (Å²) in [5.41, 5.74) is 5.31. The van der Waals surface area contributed by atoms with E-state index in [1.54, 1.807) is 0 Å². The Morgan fingerprint density at radius 3 is 2.47 bits per heavy atom. The van der Waals surface area contributed by atoms with Gasteiger partial charge < -0.3 is 21.3 Å². The van der Waals surface area contributed by atoms with Crippen LogP contribution in [0.15, 0.2) is 0 Å². The lowest BCUT2D eigenvalue weighted by molar-refractivity contribution is 0.193. The first-order valence-electron chi connectivity index (χ1n) is 6.09. The molecule has 2 fully saturated rings. The maximum atomic E-state index is 11.8. The number of hydrogen-bond donors (Lipinski definition) is 3. The highest BCUT2D eigenvalue weighted by molar-refractivity contribution is 7.80. The van der Waals surface area contributed by atoms with Crippen LogP contribution in [0.1, 0.15) is 25.7 Å². The molecule has 2 rings (SSSR count). The van der Waals surface area contributed by atoms with Crippen molar-refractivity contribution < 1.29 is 4.79 Å². The zero-order chi connectivity index (χ0) is 12.5. The minimum Gasteiger partial charge on any atom is -0.391 e. The van der Waals surface area contributed by atoms with Crippen molar-refractivity contribution in [2.24, 2.45) is 5.73 Å². The molecule has 0 bridgehead atoms. The Bertz CT molecular complexity index is 321. The van der Waals surface area contributed by atoms with Gasteiger partial charge in [-0.1, -0.05) is 12.2 Å². The van der Waals surface area contributed by atoms with Gasteiger partial charge in [0.15, 0.2) is 0 Å². The van der Waals surface area contributed by atoms with E-state index in [-0.39, 0.29) is 6.03 Å². The summed E-state index contributed by atoms with van der Waals surface area (Å²) in [5, 5.41) is 5.89. The lowest BCUT2D eigenvalue weighted by atomic mass is 9.87. The van der Waals surface area contributed by atoms with Crippen LogP contribution in [0.4, 0.5) is 4.79 Å². The Kier molecular flexibility index (Phi) is 3.53. The third kappa shape index (κ3) is 3.07. The molecule has 0 atom stereocenters. The Labute approximate surface area is 107 Å². The molecule has 2 amide bonds. The van der Waals surface area contributed by atoms with Crippen LogP contribution in [0.2, 0.25) is 0 Å². The number of nitrogens with zero attached hydrogens (tertiary/aromatic N) is 1. The largest absolute Gasteiger partial charge is 0.391 e. The highest BCUT2D eigenvalue weighted by Crippen LogP contribution is 2.23. The number of likely N-dealkylation sites (tertiary alicyclic amines) is 1. The first-order valence-corrected chi connectivity index (χ1v) is 6.50. The Morgan fingerprint density at radius 2 is 2.00 bits per heavy atom. The molecule has 0 aromatic heterocycles. The molecule has 0 radical (unpaired) electrons. The third-order valence-electron chi connectivity index (χ3n) is 3.58. The number of thiocarbonyl (C=S) groups is 1. The molecule has 1 heterocycles.